The molecule has 0 aromatic heterocycles. The van der Waals surface area contributed by atoms with E-state index < -0.39 is 29.9 Å². The second-order valence-corrected chi connectivity index (χ2v) is 4.99. The molecular weight excluding hydrogens is 284 g/mol. The highest BCUT2D eigenvalue weighted by atomic mass is 32.2. The molecule has 0 rings (SSSR count). The Kier molecular flexibility index (Phi) is 9.48. The van der Waals surface area contributed by atoms with Gasteiger partial charge in [-0.1, -0.05) is 13.0 Å². The summed E-state index contributed by atoms with van der Waals surface area (Å²) >= 11 is 1.29. The van der Waals surface area contributed by atoms with E-state index in [4.69, 9.17) is 15.9 Å². The molecule has 20 heavy (non-hydrogen) atoms. The molecule has 0 fully saturated rings. The van der Waals surface area contributed by atoms with Crippen molar-refractivity contribution in [1.82, 2.24) is 5.32 Å². The summed E-state index contributed by atoms with van der Waals surface area (Å²) in [5.41, 5.74) is 5.26. The van der Waals surface area contributed by atoms with Crippen LogP contribution in [0.15, 0.2) is 11.5 Å². The molecule has 0 aliphatic rings. The lowest BCUT2D eigenvalue weighted by molar-refractivity contribution is -0.141. The predicted octanol–water partition coefficient (Wildman–Crippen LogP) is 0.405. The second kappa shape index (κ2) is 10.3. The maximum Gasteiger partial charge on any atom is 0.327 e. The Bertz CT molecular complexity index is 373. The highest BCUT2D eigenvalue weighted by Crippen LogP contribution is 2.06. The molecule has 0 aliphatic heterocycles. The van der Waals surface area contributed by atoms with Crippen molar-refractivity contribution in [2.24, 2.45) is 5.73 Å². The van der Waals surface area contributed by atoms with Gasteiger partial charge < -0.3 is 21.3 Å². The fourth-order valence-corrected chi connectivity index (χ4v) is 2.03. The van der Waals surface area contributed by atoms with Gasteiger partial charge in [-0.25, -0.2) is 4.79 Å². The van der Waals surface area contributed by atoms with Crippen LogP contribution in [0.3, 0.4) is 0 Å². The number of carboxylic acid groups (broad SMARTS) is 2. The predicted molar refractivity (Wildman–Crippen MR) is 76.3 cm³/mol. The van der Waals surface area contributed by atoms with E-state index in [1.165, 1.54) is 11.8 Å². The standard InChI is InChI=1S/C12H20N2O5S/c1-2-3-6-20-7-9(12(18)19)14-10(15)5-4-8(13)11(16)17/h3,6,8-9H,2,4-5,7,13H2,1H3,(H,14,15)(H,16,17)(H,18,19)/t8-,9-/m0/s1. The third kappa shape index (κ3) is 8.54. The fraction of sp³-hybridized carbons (Fsp3) is 0.583. The summed E-state index contributed by atoms with van der Waals surface area (Å²) in [7, 11) is 0. The number of hydrogen-bond donors (Lipinski definition) is 4. The zero-order valence-corrected chi connectivity index (χ0v) is 12.1. The van der Waals surface area contributed by atoms with E-state index in [2.05, 4.69) is 5.32 Å². The lowest BCUT2D eigenvalue weighted by atomic mass is 10.1. The number of aliphatic carboxylic acids is 2. The van der Waals surface area contributed by atoms with Crippen LogP contribution in [0.1, 0.15) is 26.2 Å². The fourth-order valence-electron chi connectivity index (χ4n) is 1.17. The molecule has 8 heteroatoms. The maximum atomic E-state index is 11.5. The smallest absolute Gasteiger partial charge is 0.327 e. The van der Waals surface area contributed by atoms with E-state index in [-0.39, 0.29) is 18.6 Å². The topological polar surface area (TPSA) is 130 Å². The summed E-state index contributed by atoms with van der Waals surface area (Å²) < 4.78 is 0. The number of rotatable bonds is 10. The van der Waals surface area contributed by atoms with Crippen LogP contribution in [0.5, 0.6) is 0 Å². The van der Waals surface area contributed by atoms with Gasteiger partial charge in [0, 0.05) is 12.2 Å². The van der Waals surface area contributed by atoms with Gasteiger partial charge in [-0.2, -0.15) is 0 Å². The number of allylic oxidation sites excluding steroid dienone is 1. The average molecular weight is 304 g/mol. The van der Waals surface area contributed by atoms with E-state index in [0.717, 1.165) is 6.42 Å². The number of nitrogens with two attached hydrogens (primary N) is 1. The van der Waals surface area contributed by atoms with Crippen LogP contribution >= 0.6 is 11.8 Å². The normalized spacial score (nSPS) is 13.9. The van der Waals surface area contributed by atoms with Crippen LogP contribution in [0.2, 0.25) is 0 Å². The lowest BCUT2D eigenvalue weighted by Gasteiger charge is -2.13. The van der Waals surface area contributed by atoms with E-state index in [1.807, 2.05) is 13.0 Å². The van der Waals surface area contributed by atoms with E-state index in [1.54, 1.807) is 5.41 Å². The first-order valence-electron chi connectivity index (χ1n) is 6.15. The molecule has 0 spiro atoms. The van der Waals surface area contributed by atoms with Crippen molar-refractivity contribution >= 4 is 29.6 Å². The monoisotopic (exact) mass is 304 g/mol. The molecule has 0 saturated heterocycles. The Morgan fingerprint density at radius 3 is 2.45 bits per heavy atom. The Hall–Kier alpha value is -1.54. The first kappa shape index (κ1) is 18.5. The summed E-state index contributed by atoms with van der Waals surface area (Å²) in [6, 6.07) is -2.12. The minimum absolute atomic E-state index is 0.0314. The third-order valence-corrected chi connectivity index (χ3v) is 3.23. The van der Waals surface area contributed by atoms with Crippen LogP contribution in [-0.2, 0) is 14.4 Å². The Morgan fingerprint density at radius 1 is 1.30 bits per heavy atom. The molecule has 1 amide bonds. The van der Waals surface area contributed by atoms with Crippen molar-refractivity contribution in [2.75, 3.05) is 5.75 Å². The molecule has 0 bridgehead atoms. The molecule has 2 atom stereocenters. The van der Waals surface area contributed by atoms with E-state index in [0.29, 0.717) is 0 Å². The van der Waals surface area contributed by atoms with Crippen molar-refractivity contribution in [2.45, 2.75) is 38.3 Å². The Labute approximate surface area is 121 Å². The molecule has 114 valence electrons. The summed E-state index contributed by atoms with van der Waals surface area (Å²) in [6.45, 7) is 1.96. The molecule has 0 heterocycles. The number of hydrogen-bond acceptors (Lipinski definition) is 5. The quantitative estimate of drug-likeness (QED) is 0.459. The van der Waals surface area contributed by atoms with Crippen LogP contribution < -0.4 is 11.1 Å². The van der Waals surface area contributed by atoms with Crippen molar-refractivity contribution in [3.63, 3.8) is 0 Å². The van der Waals surface area contributed by atoms with Gasteiger partial charge in [0.1, 0.15) is 12.1 Å². The average Bonchev–Trinajstić information content (AvgIpc) is 2.39. The summed E-state index contributed by atoms with van der Waals surface area (Å²) in [4.78, 5) is 33.0. The van der Waals surface area contributed by atoms with E-state index >= 15 is 0 Å². The van der Waals surface area contributed by atoms with Gasteiger partial charge in [-0.05, 0) is 18.2 Å². The number of thioether (sulfide) groups is 1. The molecule has 0 aromatic carbocycles. The van der Waals surface area contributed by atoms with Crippen molar-refractivity contribution < 1.29 is 24.6 Å². The minimum Gasteiger partial charge on any atom is -0.480 e. The van der Waals surface area contributed by atoms with E-state index in [9.17, 15) is 14.4 Å². The number of nitrogens with one attached hydrogen (secondary N) is 1. The van der Waals surface area contributed by atoms with Crippen LogP contribution in [-0.4, -0.2) is 45.9 Å². The molecule has 5 N–H and O–H groups in total. The lowest BCUT2D eigenvalue weighted by Crippen LogP contribution is -2.43. The molecule has 0 saturated carbocycles. The number of carbonyl (C=O) groups is 3. The van der Waals surface area contributed by atoms with Crippen molar-refractivity contribution in [3.8, 4) is 0 Å². The number of amides is 1. The summed E-state index contributed by atoms with van der Waals surface area (Å²) in [5.74, 6) is -2.62. The van der Waals surface area contributed by atoms with Crippen molar-refractivity contribution in [3.05, 3.63) is 11.5 Å². The molecule has 0 unspecified atom stereocenters. The molecule has 7 nitrogen and oxygen atoms in total. The minimum atomic E-state index is -1.19. The first-order chi connectivity index (χ1) is 9.38. The van der Waals surface area contributed by atoms with Gasteiger partial charge in [-0.15, -0.1) is 11.8 Å². The maximum absolute atomic E-state index is 11.5. The Balaban J connectivity index is 4.17. The third-order valence-electron chi connectivity index (χ3n) is 2.32. The van der Waals surface area contributed by atoms with Gasteiger partial charge in [0.2, 0.25) is 5.91 Å². The second-order valence-electron chi connectivity index (χ2n) is 4.06. The molecule has 0 radical (unpaired) electrons. The molecule has 0 aromatic rings. The highest BCUT2D eigenvalue weighted by Gasteiger charge is 2.20. The zero-order valence-electron chi connectivity index (χ0n) is 11.2. The highest BCUT2D eigenvalue weighted by molar-refractivity contribution is 8.02. The van der Waals surface area contributed by atoms with Crippen molar-refractivity contribution in [1.29, 1.82) is 0 Å². The Morgan fingerprint density at radius 2 is 1.95 bits per heavy atom. The van der Waals surface area contributed by atoms with Gasteiger partial charge in [0.05, 0.1) is 0 Å². The summed E-state index contributed by atoms with van der Waals surface area (Å²) in [5, 5.41) is 21.7. The molecule has 0 aliphatic carbocycles. The van der Waals surface area contributed by atoms with Gasteiger partial charge >= 0.3 is 11.9 Å². The van der Waals surface area contributed by atoms with Crippen LogP contribution in [0.4, 0.5) is 0 Å². The largest absolute Gasteiger partial charge is 0.480 e. The molecular formula is C12H20N2O5S. The van der Waals surface area contributed by atoms with Gasteiger partial charge in [0.15, 0.2) is 0 Å². The van der Waals surface area contributed by atoms with Crippen LogP contribution in [0, 0.1) is 0 Å². The SMILES string of the molecule is CCC=CSC[C@H](NC(=O)CC[C@H](N)C(=O)O)C(=O)O. The number of carboxylic acids is 2. The number of carbonyl (C=O) groups excluding carboxylic acids is 1. The summed E-state index contributed by atoms with van der Waals surface area (Å²) in [6.07, 6.45) is 2.59. The van der Waals surface area contributed by atoms with Gasteiger partial charge in [0.25, 0.3) is 0 Å². The van der Waals surface area contributed by atoms with Gasteiger partial charge in [-0.3, -0.25) is 9.59 Å². The van der Waals surface area contributed by atoms with Crippen LogP contribution in [0.25, 0.3) is 0 Å². The zero-order chi connectivity index (χ0) is 15.5. The first-order valence-corrected chi connectivity index (χ1v) is 7.20.